The molecule has 0 saturated carbocycles. The number of anilines is 1. The Hall–Kier alpha value is -2.23. The standard InChI is InChI=1S/C19H25N3O4S2/c1-12-9-13(2)18(14(3)10-12)20-16(23)11-22(5)19(24)15(4)21-28(25,26)17-7-6-8-27-17/h6-10,15,21H,11H2,1-5H3,(H,20,23). The molecule has 2 amide bonds. The number of likely N-dealkylation sites (N-methyl/N-ethyl adjacent to an activating group) is 1. The minimum absolute atomic E-state index is 0.137. The summed E-state index contributed by atoms with van der Waals surface area (Å²) in [4.78, 5) is 26.1. The smallest absolute Gasteiger partial charge is 0.250 e. The van der Waals surface area contributed by atoms with E-state index in [1.165, 1.54) is 24.9 Å². The number of thiophene rings is 1. The number of carbonyl (C=O) groups is 2. The SMILES string of the molecule is Cc1cc(C)c(NC(=O)CN(C)C(=O)C(C)NS(=O)(=O)c2cccs2)c(C)c1. The van der Waals surface area contributed by atoms with Crippen LogP contribution in [0.25, 0.3) is 0 Å². The van der Waals surface area contributed by atoms with Crippen LogP contribution in [-0.4, -0.2) is 44.8 Å². The Bertz CT molecular complexity index is 946. The normalized spacial score (nSPS) is 12.5. The van der Waals surface area contributed by atoms with Crippen LogP contribution in [0, 0.1) is 20.8 Å². The summed E-state index contributed by atoms with van der Waals surface area (Å²) in [6, 6.07) is 6.04. The van der Waals surface area contributed by atoms with Crippen LogP contribution >= 0.6 is 11.3 Å². The van der Waals surface area contributed by atoms with Gasteiger partial charge in [0.2, 0.25) is 11.8 Å². The molecule has 0 bridgehead atoms. The number of amides is 2. The predicted octanol–water partition coefficient (Wildman–Crippen LogP) is 2.44. The van der Waals surface area contributed by atoms with Crippen molar-refractivity contribution >= 4 is 38.9 Å². The number of rotatable bonds is 7. The molecule has 1 heterocycles. The Morgan fingerprint density at radius 2 is 1.79 bits per heavy atom. The quantitative estimate of drug-likeness (QED) is 0.715. The molecule has 152 valence electrons. The zero-order chi connectivity index (χ0) is 21.1. The van der Waals surface area contributed by atoms with E-state index in [0.717, 1.165) is 33.7 Å². The van der Waals surface area contributed by atoms with Crippen molar-refractivity contribution < 1.29 is 18.0 Å². The first-order valence-corrected chi connectivity index (χ1v) is 11.1. The van der Waals surface area contributed by atoms with Gasteiger partial charge in [0.1, 0.15) is 4.21 Å². The fourth-order valence-electron chi connectivity index (χ4n) is 2.94. The lowest BCUT2D eigenvalue weighted by molar-refractivity contribution is -0.134. The van der Waals surface area contributed by atoms with E-state index in [0.29, 0.717) is 0 Å². The van der Waals surface area contributed by atoms with E-state index in [2.05, 4.69) is 10.0 Å². The number of nitrogens with one attached hydrogen (secondary N) is 2. The topological polar surface area (TPSA) is 95.6 Å². The van der Waals surface area contributed by atoms with Gasteiger partial charge in [-0.15, -0.1) is 11.3 Å². The molecule has 0 saturated heterocycles. The highest BCUT2D eigenvalue weighted by molar-refractivity contribution is 7.91. The summed E-state index contributed by atoms with van der Waals surface area (Å²) in [5, 5.41) is 4.48. The van der Waals surface area contributed by atoms with Crippen molar-refractivity contribution in [3.8, 4) is 0 Å². The van der Waals surface area contributed by atoms with Crippen molar-refractivity contribution in [1.29, 1.82) is 0 Å². The van der Waals surface area contributed by atoms with Gasteiger partial charge in [-0.2, -0.15) is 4.72 Å². The Balaban J connectivity index is 1.99. The van der Waals surface area contributed by atoms with Crippen LogP contribution in [0.1, 0.15) is 23.6 Å². The van der Waals surface area contributed by atoms with E-state index in [1.807, 2.05) is 32.9 Å². The number of hydrogen-bond acceptors (Lipinski definition) is 5. The number of nitrogens with zero attached hydrogens (tertiary/aromatic N) is 1. The summed E-state index contributed by atoms with van der Waals surface area (Å²) < 4.78 is 27.0. The number of hydrogen-bond donors (Lipinski definition) is 2. The van der Waals surface area contributed by atoms with Gasteiger partial charge in [0.25, 0.3) is 10.0 Å². The molecule has 1 aromatic carbocycles. The van der Waals surface area contributed by atoms with Gasteiger partial charge in [0.05, 0.1) is 12.6 Å². The van der Waals surface area contributed by atoms with Crippen molar-refractivity contribution in [1.82, 2.24) is 9.62 Å². The van der Waals surface area contributed by atoms with Gasteiger partial charge in [0.15, 0.2) is 0 Å². The molecular weight excluding hydrogens is 398 g/mol. The van der Waals surface area contributed by atoms with Gasteiger partial charge >= 0.3 is 0 Å². The van der Waals surface area contributed by atoms with E-state index in [4.69, 9.17) is 0 Å². The molecule has 1 unspecified atom stereocenters. The molecule has 9 heteroatoms. The minimum atomic E-state index is -3.77. The van der Waals surface area contributed by atoms with Crippen molar-refractivity contribution in [3.05, 3.63) is 46.3 Å². The van der Waals surface area contributed by atoms with Crippen molar-refractivity contribution in [2.75, 3.05) is 18.9 Å². The van der Waals surface area contributed by atoms with Crippen LogP contribution in [0.2, 0.25) is 0 Å². The molecule has 0 spiro atoms. The van der Waals surface area contributed by atoms with E-state index in [1.54, 1.807) is 11.4 Å². The average molecular weight is 424 g/mol. The lowest BCUT2D eigenvalue weighted by Crippen LogP contribution is -2.47. The molecule has 0 aliphatic heterocycles. The van der Waals surface area contributed by atoms with Gasteiger partial charge < -0.3 is 10.2 Å². The van der Waals surface area contributed by atoms with E-state index < -0.39 is 22.0 Å². The third-order valence-corrected chi connectivity index (χ3v) is 7.10. The zero-order valence-electron chi connectivity index (χ0n) is 16.6. The van der Waals surface area contributed by atoms with Gasteiger partial charge in [-0.25, -0.2) is 8.42 Å². The fraction of sp³-hybridized carbons (Fsp3) is 0.368. The number of carbonyl (C=O) groups excluding carboxylic acids is 2. The Morgan fingerprint density at radius 1 is 1.18 bits per heavy atom. The molecule has 1 aromatic heterocycles. The van der Waals surface area contributed by atoms with Crippen LogP contribution < -0.4 is 10.0 Å². The largest absolute Gasteiger partial charge is 0.335 e. The summed E-state index contributed by atoms with van der Waals surface area (Å²) in [5.74, 6) is -0.841. The highest BCUT2D eigenvalue weighted by Crippen LogP contribution is 2.22. The van der Waals surface area contributed by atoms with Crippen LogP contribution in [0.15, 0.2) is 33.9 Å². The van der Waals surface area contributed by atoms with E-state index in [-0.39, 0.29) is 16.7 Å². The number of sulfonamides is 1. The maximum atomic E-state index is 12.5. The molecule has 0 aliphatic carbocycles. The Kier molecular flexibility index (Phi) is 6.97. The van der Waals surface area contributed by atoms with Crippen LogP contribution in [0.3, 0.4) is 0 Å². The van der Waals surface area contributed by atoms with Gasteiger partial charge in [0, 0.05) is 12.7 Å². The maximum absolute atomic E-state index is 12.5. The zero-order valence-corrected chi connectivity index (χ0v) is 18.2. The van der Waals surface area contributed by atoms with Crippen LogP contribution in [0.4, 0.5) is 5.69 Å². The number of aryl methyl sites for hydroxylation is 3. The van der Waals surface area contributed by atoms with Crippen molar-refractivity contribution in [2.45, 2.75) is 37.9 Å². The molecule has 2 aromatic rings. The first-order valence-electron chi connectivity index (χ1n) is 8.70. The third kappa shape index (κ3) is 5.40. The van der Waals surface area contributed by atoms with Gasteiger partial charge in [-0.05, 0) is 50.3 Å². The first kappa shape index (κ1) is 22.1. The third-order valence-electron chi connectivity index (χ3n) is 4.16. The van der Waals surface area contributed by atoms with Crippen LogP contribution in [-0.2, 0) is 19.6 Å². The lowest BCUT2D eigenvalue weighted by Gasteiger charge is -2.22. The molecule has 0 aliphatic rings. The molecule has 2 rings (SSSR count). The average Bonchev–Trinajstić information content (AvgIpc) is 3.12. The minimum Gasteiger partial charge on any atom is -0.335 e. The van der Waals surface area contributed by atoms with Gasteiger partial charge in [-0.3, -0.25) is 9.59 Å². The highest BCUT2D eigenvalue weighted by Gasteiger charge is 2.26. The monoisotopic (exact) mass is 423 g/mol. The Labute approximate surface area is 169 Å². The first-order chi connectivity index (χ1) is 13.0. The molecule has 0 fully saturated rings. The summed E-state index contributed by atoms with van der Waals surface area (Å²) in [5.41, 5.74) is 3.71. The molecule has 2 N–H and O–H groups in total. The second kappa shape index (κ2) is 8.85. The number of benzene rings is 1. The van der Waals surface area contributed by atoms with E-state index >= 15 is 0 Å². The molecule has 28 heavy (non-hydrogen) atoms. The Morgan fingerprint density at radius 3 is 2.32 bits per heavy atom. The van der Waals surface area contributed by atoms with Crippen molar-refractivity contribution in [2.24, 2.45) is 0 Å². The summed E-state index contributed by atoms with van der Waals surface area (Å²) in [7, 11) is -2.30. The molecular formula is C19H25N3O4S2. The van der Waals surface area contributed by atoms with Crippen LogP contribution in [0.5, 0.6) is 0 Å². The van der Waals surface area contributed by atoms with E-state index in [9.17, 15) is 18.0 Å². The lowest BCUT2D eigenvalue weighted by atomic mass is 10.1. The molecule has 0 radical (unpaired) electrons. The van der Waals surface area contributed by atoms with Gasteiger partial charge in [-0.1, -0.05) is 23.8 Å². The van der Waals surface area contributed by atoms with Crippen molar-refractivity contribution in [3.63, 3.8) is 0 Å². The molecule has 7 nitrogen and oxygen atoms in total. The summed E-state index contributed by atoms with van der Waals surface area (Å²) in [6.07, 6.45) is 0. The maximum Gasteiger partial charge on any atom is 0.250 e. The summed E-state index contributed by atoms with van der Waals surface area (Å²) >= 11 is 1.07. The molecule has 1 atom stereocenters. The second-order valence-corrected chi connectivity index (χ2v) is 9.68. The predicted molar refractivity (Wildman–Crippen MR) is 111 cm³/mol. The second-order valence-electron chi connectivity index (χ2n) is 6.79. The summed E-state index contributed by atoms with van der Waals surface area (Å²) in [6.45, 7) is 7.07. The highest BCUT2D eigenvalue weighted by atomic mass is 32.2. The fourth-order valence-corrected chi connectivity index (χ4v) is 5.14.